The fraction of sp³-hybridized carbons (Fsp3) is 0.150. The van der Waals surface area contributed by atoms with Gasteiger partial charge in [0.05, 0.1) is 18.3 Å². The highest BCUT2D eigenvalue weighted by Gasteiger charge is 2.12. The first-order chi connectivity index (χ1) is 13.7. The number of nitrogens with one attached hydrogen (secondary N) is 1. The molecule has 4 aromatic rings. The number of halogens is 1. The number of thioether (sulfide) groups is 1. The normalized spacial score (nSPS) is 11.1. The van der Waals surface area contributed by atoms with Gasteiger partial charge in [0.2, 0.25) is 5.91 Å². The summed E-state index contributed by atoms with van der Waals surface area (Å²) in [5, 5.41) is 13.8. The van der Waals surface area contributed by atoms with Gasteiger partial charge in [-0.05, 0) is 41.8 Å². The van der Waals surface area contributed by atoms with Crippen molar-refractivity contribution >= 4 is 51.5 Å². The van der Waals surface area contributed by atoms with Crippen molar-refractivity contribution in [3.8, 4) is 5.75 Å². The fourth-order valence-corrected chi connectivity index (χ4v) is 3.99. The molecular formula is C20H17ClN4O2S. The predicted molar refractivity (Wildman–Crippen MR) is 112 cm³/mol. The first kappa shape index (κ1) is 18.6. The minimum Gasteiger partial charge on any atom is -0.495 e. The van der Waals surface area contributed by atoms with Gasteiger partial charge in [0.25, 0.3) is 0 Å². The first-order valence-electron chi connectivity index (χ1n) is 8.65. The van der Waals surface area contributed by atoms with E-state index in [1.165, 1.54) is 11.8 Å². The molecule has 2 heterocycles. The van der Waals surface area contributed by atoms with E-state index in [1.54, 1.807) is 25.3 Å². The fourth-order valence-electron chi connectivity index (χ4n) is 2.93. The highest BCUT2D eigenvalue weighted by molar-refractivity contribution is 7.99. The van der Waals surface area contributed by atoms with Gasteiger partial charge in [0, 0.05) is 17.2 Å². The number of fused-ring (bicyclic) bond motifs is 3. The minimum atomic E-state index is -0.119. The number of methoxy groups -OCH3 is 1. The van der Waals surface area contributed by atoms with Gasteiger partial charge < -0.3 is 10.1 Å². The summed E-state index contributed by atoms with van der Waals surface area (Å²) in [7, 11) is 1.55. The summed E-state index contributed by atoms with van der Waals surface area (Å²) in [5.41, 5.74) is 2.39. The number of aromatic nitrogens is 3. The lowest BCUT2D eigenvalue weighted by atomic mass is 10.2. The third kappa shape index (κ3) is 3.76. The second-order valence-electron chi connectivity index (χ2n) is 6.06. The molecule has 0 saturated heterocycles. The Morgan fingerprint density at radius 2 is 2.04 bits per heavy atom. The van der Waals surface area contributed by atoms with Crippen LogP contribution in [0.5, 0.6) is 5.75 Å². The molecule has 1 amide bonds. The van der Waals surface area contributed by atoms with E-state index in [0.29, 0.717) is 28.6 Å². The van der Waals surface area contributed by atoms with Crippen LogP contribution in [-0.4, -0.2) is 33.4 Å². The maximum Gasteiger partial charge on any atom is 0.225 e. The van der Waals surface area contributed by atoms with E-state index in [9.17, 15) is 4.79 Å². The summed E-state index contributed by atoms with van der Waals surface area (Å²) in [4.78, 5) is 12.3. The maximum atomic E-state index is 12.3. The van der Waals surface area contributed by atoms with E-state index in [-0.39, 0.29) is 5.91 Å². The number of ether oxygens (including phenoxy) is 1. The zero-order chi connectivity index (χ0) is 19.5. The third-order valence-electron chi connectivity index (χ3n) is 4.24. The largest absolute Gasteiger partial charge is 0.495 e. The molecule has 0 unspecified atom stereocenters. The number of hydrogen-bond acceptors (Lipinski definition) is 5. The van der Waals surface area contributed by atoms with Gasteiger partial charge in [-0.3, -0.25) is 9.20 Å². The van der Waals surface area contributed by atoms with Crippen LogP contribution in [0.25, 0.3) is 16.6 Å². The van der Waals surface area contributed by atoms with Crippen molar-refractivity contribution in [1.82, 2.24) is 14.6 Å². The van der Waals surface area contributed by atoms with Crippen molar-refractivity contribution in [2.75, 3.05) is 18.2 Å². The van der Waals surface area contributed by atoms with E-state index >= 15 is 0 Å². The summed E-state index contributed by atoms with van der Waals surface area (Å²) in [5.74, 6) is 1.02. The molecule has 0 aliphatic carbocycles. The number of nitrogens with zero attached hydrogens (tertiary/aromatic N) is 3. The third-order valence-corrected chi connectivity index (χ3v) is 5.41. The molecule has 0 spiro atoms. The van der Waals surface area contributed by atoms with Gasteiger partial charge in [-0.1, -0.05) is 41.6 Å². The van der Waals surface area contributed by atoms with Gasteiger partial charge in [0.15, 0.2) is 10.8 Å². The molecule has 0 radical (unpaired) electrons. The molecule has 0 aliphatic rings. The van der Waals surface area contributed by atoms with Crippen LogP contribution >= 0.6 is 23.4 Å². The quantitative estimate of drug-likeness (QED) is 0.466. The number of para-hydroxylation sites is 1. The summed E-state index contributed by atoms with van der Waals surface area (Å²) in [6.45, 7) is 0. The lowest BCUT2D eigenvalue weighted by molar-refractivity contribution is -0.115. The van der Waals surface area contributed by atoms with Crippen LogP contribution in [0.3, 0.4) is 0 Å². The summed E-state index contributed by atoms with van der Waals surface area (Å²) >= 11 is 7.50. The van der Waals surface area contributed by atoms with Crippen molar-refractivity contribution < 1.29 is 9.53 Å². The van der Waals surface area contributed by atoms with E-state index in [0.717, 1.165) is 21.7 Å². The van der Waals surface area contributed by atoms with E-state index in [4.69, 9.17) is 16.3 Å². The number of anilines is 1. The molecule has 4 rings (SSSR count). The molecule has 0 fully saturated rings. The minimum absolute atomic E-state index is 0.119. The first-order valence-corrected chi connectivity index (χ1v) is 10.0. The lowest BCUT2D eigenvalue weighted by Gasteiger charge is -2.10. The number of carbonyl (C=O) groups is 1. The van der Waals surface area contributed by atoms with Crippen LogP contribution < -0.4 is 10.1 Å². The molecule has 0 atom stereocenters. The van der Waals surface area contributed by atoms with Gasteiger partial charge in [-0.2, -0.15) is 0 Å². The molecular weight excluding hydrogens is 396 g/mol. The Labute approximate surface area is 170 Å². The van der Waals surface area contributed by atoms with Crippen LogP contribution in [0.15, 0.2) is 59.8 Å². The zero-order valence-corrected chi connectivity index (χ0v) is 16.6. The lowest BCUT2D eigenvalue weighted by Crippen LogP contribution is -2.13. The molecule has 0 saturated carbocycles. The average molecular weight is 413 g/mol. The predicted octanol–water partition coefficient (Wildman–Crippen LogP) is 4.67. The number of pyridine rings is 1. The van der Waals surface area contributed by atoms with E-state index in [2.05, 4.69) is 21.6 Å². The van der Waals surface area contributed by atoms with E-state index in [1.807, 2.05) is 34.7 Å². The number of benzene rings is 2. The number of hydrogen-bond donors (Lipinski definition) is 1. The maximum absolute atomic E-state index is 12.3. The van der Waals surface area contributed by atoms with Gasteiger partial charge in [0.1, 0.15) is 5.75 Å². The molecule has 0 aliphatic heterocycles. The monoisotopic (exact) mass is 412 g/mol. The molecule has 2 aromatic heterocycles. The highest BCUT2D eigenvalue weighted by Crippen LogP contribution is 2.28. The molecule has 2 aromatic carbocycles. The Balaban J connectivity index is 1.45. The summed E-state index contributed by atoms with van der Waals surface area (Å²) in [6.07, 6.45) is 0.319. The molecule has 0 bridgehead atoms. The van der Waals surface area contributed by atoms with Crippen molar-refractivity contribution in [3.63, 3.8) is 0 Å². The SMILES string of the molecule is COc1ccc(Cl)cc1NC(=O)CCSc1nnc2ccc3ccccc3n12. The average Bonchev–Trinajstić information content (AvgIpc) is 3.12. The van der Waals surface area contributed by atoms with Crippen LogP contribution in [0.2, 0.25) is 5.02 Å². The Kier molecular flexibility index (Phi) is 5.36. The van der Waals surface area contributed by atoms with Crippen molar-refractivity contribution in [2.45, 2.75) is 11.6 Å². The van der Waals surface area contributed by atoms with Gasteiger partial charge in [-0.25, -0.2) is 0 Å². The molecule has 8 heteroatoms. The van der Waals surface area contributed by atoms with Crippen molar-refractivity contribution in [3.05, 3.63) is 59.6 Å². The molecule has 28 heavy (non-hydrogen) atoms. The smallest absolute Gasteiger partial charge is 0.225 e. The Hall–Kier alpha value is -2.77. The van der Waals surface area contributed by atoms with Crippen molar-refractivity contribution in [2.24, 2.45) is 0 Å². The number of amides is 1. The molecule has 1 N–H and O–H groups in total. The van der Waals surface area contributed by atoms with Gasteiger partial charge >= 0.3 is 0 Å². The van der Waals surface area contributed by atoms with Crippen LogP contribution in [0, 0.1) is 0 Å². The highest BCUT2D eigenvalue weighted by atomic mass is 35.5. The van der Waals surface area contributed by atoms with E-state index < -0.39 is 0 Å². The van der Waals surface area contributed by atoms with Crippen LogP contribution in [0.4, 0.5) is 5.69 Å². The zero-order valence-electron chi connectivity index (χ0n) is 15.1. The second-order valence-corrected chi connectivity index (χ2v) is 7.56. The van der Waals surface area contributed by atoms with Crippen LogP contribution in [0.1, 0.15) is 6.42 Å². The number of carbonyl (C=O) groups excluding carboxylic acids is 1. The van der Waals surface area contributed by atoms with Crippen molar-refractivity contribution in [1.29, 1.82) is 0 Å². The summed E-state index contributed by atoms with van der Waals surface area (Å²) in [6, 6.07) is 17.2. The Morgan fingerprint density at radius 3 is 2.89 bits per heavy atom. The second kappa shape index (κ2) is 8.08. The molecule has 6 nitrogen and oxygen atoms in total. The number of rotatable bonds is 6. The Morgan fingerprint density at radius 1 is 1.18 bits per heavy atom. The standard InChI is InChI=1S/C20H17ClN4O2S/c1-27-17-8-7-14(21)12-15(17)22-19(26)10-11-28-20-24-23-18-9-6-13-4-2-3-5-16(13)25(18)20/h2-9,12H,10-11H2,1H3,(H,22,26). The summed E-state index contributed by atoms with van der Waals surface area (Å²) < 4.78 is 7.27. The topological polar surface area (TPSA) is 68.5 Å². The van der Waals surface area contributed by atoms with Gasteiger partial charge in [-0.15, -0.1) is 10.2 Å². The Bertz CT molecular complexity index is 1160. The molecule has 142 valence electrons. The van der Waals surface area contributed by atoms with Crippen LogP contribution in [-0.2, 0) is 4.79 Å².